The third-order valence-corrected chi connectivity index (χ3v) is 3.80. The molecule has 0 aliphatic carbocycles. The van der Waals surface area contributed by atoms with Crippen LogP contribution in [0, 0.1) is 5.92 Å². The van der Waals surface area contributed by atoms with Gasteiger partial charge in [-0.15, -0.1) is 0 Å². The smallest absolute Gasteiger partial charge is 0.306 e. The SMILES string of the molecule is CCOC(=O)C[C@@H]1CCN[C@H](c2ccc(Cl)cc2)C1. The summed E-state index contributed by atoms with van der Waals surface area (Å²) >= 11 is 5.90. The predicted molar refractivity (Wildman–Crippen MR) is 76.2 cm³/mol. The van der Waals surface area contributed by atoms with E-state index in [9.17, 15) is 4.79 Å². The third-order valence-electron chi connectivity index (χ3n) is 3.55. The number of carbonyl (C=O) groups is 1. The highest BCUT2D eigenvalue weighted by Gasteiger charge is 2.24. The molecule has 3 nitrogen and oxygen atoms in total. The second kappa shape index (κ2) is 6.92. The van der Waals surface area contributed by atoms with E-state index in [0.717, 1.165) is 24.4 Å². The van der Waals surface area contributed by atoms with Crippen LogP contribution >= 0.6 is 11.6 Å². The minimum atomic E-state index is -0.0794. The third kappa shape index (κ3) is 4.22. The van der Waals surface area contributed by atoms with E-state index in [1.54, 1.807) is 0 Å². The van der Waals surface area contributed by atoms with Gasteiger partial charge in [-0.3, -0.25) is 4.79 Å². The topological polar surface area (TPSA) is 38.3 Å². The van der Waals surface area contributed by atoms with Gasteiger partial charge in [0.2, 0.25) is 0 Å². The molecule has 0 saturated carbocycles. The number of ether oxygens (including phenoxy) is 1. The van der Waals surface area contributed by atoms with Gasteiger partial charge < -0.3 is 10.1 Å². The Morgan fingerprint density at radius 2 is 2.16 bits per heavy atom. The fraction of sp³-hybridized carbons (Fsp3) is 0.533. The van der Waals surface area contributed by atoms with Crippen LogP contribution in [0.2, 0.25) is 5.02 Å². The van der Waals surface area contributed by atoms with Crippen LogP contribution in [0.25, 0.3) is 0 Å². The molecule has 1 aromatic carbocycles. The predicted octanol–water partition coefficient (Wildman–Crippen LogP) is 3.33. The number of carbonyl (C=O) groups excluding carboxylic acids is 1. The van der Waals surface area contributed by atoms with Gasteiger partial charge in [-0.2, -0.15) is 0 Å². The second-order valence-electron chi connectivity index (χ2n) is 4.96. The lowest BCUT2D eigenvalue weighted by Gasteiger charge is -2.30. The van der Waals surface area contributed by atoms with Crippen molar-refractivity contribution in [2.75, 3.05) is 13.2 Å². The quantitative estimate of drug-likeness (QED) is 0.861. The molecular weight excluding hydrogens is 262 g/mol. The summed E-state index contributed by atoms with van der Waals surface area (Å²) in [6, 6.07) is 8.23. The van der Waals surface area contributed by atoms with Crippen molar-refractivity contribution in [3.63, 3.8) is 0 Å². The summed E-state index contributed by atoms with van der Waals surface area (Å²) in [6.07, 6.45) is 2.53. The molecule has 0 spiro atoms. The number of nitrogens with one attached hydrogen (secondary N) is 1. The Labute approximate surface area is 119 Å². The van der Waals surface area contributed by atoms with E-state index in [0.29, 0.717) is 25.0 Å². The first-order valence-corrected chi connectivity index (χ1v) is 7.21. The van der Waals surface area contributed by atoms with E-state index in [-0.39, 0.29) is 5.97 Å². The Balaban J connectivity index is 1.93. The van der Waals surface area contributed by atoms with Gasteiger partial charge in [0, 0.05) is 17.5 Å². The normalized spacial score (nSPS) is 23.1. The maximum Gasteiger partial charge on any atom is 0.306 e. The van der Waals surface area contributed by atoms with Crippen molar-refractivity contribution in [2.24, 2.45) is 5.92 Å². The first-order valence-electron chi connectivity index (χ1n) is 6.83. The first-order chi connectivity index (χ1) is 9.19. The van der Waals surface area contributed by atoms with Crippen LogP contribution in [-0.2, 0) is 9.53 Å². The van der Waals surface area contributed by atoms with Crippen LogP contribution in [0.4, 0.5) is 0 Å². The van der Waals surface area contributed by atoms with E-state index < -0.39 is 0 Å². The fourth-order valence-corrected chi connectivity index (χ4v) is 2.71. The van der Waals surface area contributed by atoms with Gasteiger partial charge in [0.1, 0.15) is 0 Å². The van der Waals surface area contributed by atoms with Crippen molar-refractivity contribution in [1.82, 2.24) is 5.32 Å². The molecule has 0 bridgehead atoms. The Morgan fingerprint density at radius 1 is 1.42 bits per heavy atom. The molecule has 2 rings (SSSR count). The number of hydrogen-bond donors (Lipinski definition) is 1. The van der Waals surface area contributed by atoms with Crippen molar-refractivity contribution in [3.8, 4) is 0 Å². The number of halogens is 1. The zero-order chi connectivity index (χ0) is 13.7. The van der Waals surface area contributed by atoms with Gasteiger partial charge in [-0.05, 0) is 49.9 Å². The zero-order valence-electron chi connectivity index (χ0n) is 11.2. The van der Waals surface area contributed by atoms with Crippen LogP contribution in [0.15, 0.2) is 24.3 Å². The molecule has 0 amide bonds. The van der Waals surface area contributed by atoms with E-state index in [4.69, 9.17) is 16.3 Å². The van der Waals surface area contributed by atoms with Crippen LogP contribution in [-0.4, -0.2) is 19.1 Å². The maximum absolute atomic E-state index is 11.5. The average molecular weight is 282 g/mol. The van der Waals surface area contributed by atoms with E-state index in [1.807, 2.05) is 31.2 Å². The lowest BCUT2D eigenvalue weighted by Crippen LogP contribution is -2.32. The lowest BCUT2D eigenvalue weighted by atomic mass is 9.87. The van der Waals surface area contributed by atoms with Crippen molar-refractivity contribution >= 4 is 17.6 Å². The van der Waals surface area contributed by atoms with Gasteiger partial charge in [-0.25, -0.2) is 0 Å². The van der Waals surface area contributed by atoms with Gasteiger partial charge in [-0.1, -0.05) is 23.7 Å². The summed E-state index contributed by atoms with van der Waals surface area (Å²) in [6.45, 7) is 3.25. The molecule has 1 saturated heterocycles. The zero-order valence-corrected chi connectivity index (χ0v) is 12.0. The molecule has 1 aromatic rings. The standard InChI is InChI=1S/C15H20ClNO2/c1-2-19-15(18)10-11-7-8-17-14(9-11)12-3-5-13(16)6-4-12/h3-6,11,14,17H,2,7-10H2,1H3/t11-,14+/m1/s1. The van der Waals surface area contributed by atoms with Crippen molar-refractivity contribution < 1.29 is 9.53 Å². The van der Waals surface area contributed by atoms with Gasteiger partial charge in [0.25, 0.3) is 0 Å². The molecule has 4 heteroatoms. The van der Waals surface area contributed by atoms with Crippen LogP contribution in [0.5, 0.6) is 0 Å². The number of piperidine rings is 1. The Bertz CT molecular complexity index is 419. The fourth-order valence-electron chi connectivity index (χ4n) is 2.59. The van der Waals surface area contributed by atoms with Crippen molar-refractivity contribution in [2.45, 2.75) is 32.2 Å². The van der Waals surface area contributed by atoms with Crippen LogP contribution in [0.1, 0.15) is 37.8 Å². The Morgan fingerprint density at radius 3 is 2.84 bits per heavy atom. The highest BCUT2D eigenvalue weighted by Crippen LogP contribution is 2.30. The highest BCUT2D eigenvalue weighted by molar-refractivity contribution is 6.30. The highest BCUT2D eigenvalue weighted by atomic mass is 35.5. The lowest BCUT2D eigenvalue weighted by molar-refractivity contribution is -0.144. The summed E-state index contributed by atoms with van der Waals surface area (Å²) in [5, 5.41) is 4.25. The Hall–Kier alpha value is -1.06. The number of esters is 1. The maximum atomic E-state index is 11.5. The summed E-state index contributed by atoms with van der Waals surface area (Å²) in [7, 11) is 0. The molecule has 1 fully saturated rings. The molecule has 0 unspecified atom stereocenters. The summed E-state index contributed by atoms with van der Waals surface area (Å²) < 4.78 is 5.02. The minimum Gasteiger partial charge on any atom is -0.466 e. The molecular formula is C15H20ClNO2. The van der Waals surface area contributed by atoms with Crippen molar-refractivity contribution in [1.29, 1.82) is 0 Å². The largest absolute Gasteiger partial charge is 0.466 e. The molecule has 104 valence electrons. The minimum absolute atomic E-state index is 0.0794. The van der Waals surface area contributed by atoms with E-state index in [1.165, 1.54) is 5.56 Å². The molecule has 1 aliphatic rings. The monoisotopic (exact) mass is 281 g/mol. The molecule has 2 atom stereocenters. The van der Waals surface area contributed by atoms with Gasteiger partial charge in [0.15, 0.2) is 0 Å². The summed E-state index contributed by atoms with van der Waals surface area (Å²) in [5.41, 5.74) is 1.23. The summed E-state index contributed by atoms with van der Waals surface area (Å²) in [4.78, 5) is 11.5. The molecule has 0 aromatic heterocycles. The molecule has 0 radical (unpaired) electrons. The Kier molecular flexibility index (Phi) is 5.23. The second-order valence-corrected chi connectivity index (χ2v) is 5.39. The molecule has 1 N–H and O–H groups in total. The first kappa shape index (κ1) is 14.4. The number of hydrogen-bond acceptors (Lipinski definition) is 3. The molecule has 1 heterocycles. The summed E-state index contributed by atoms with van der Waals surface area (Å²) in [5.74, 6) is 0.324. The molecule has 1 aliphatic heterocycles. The number of benzene rings is 1. The van der Waals surface area contributed by atoms with Crippen LogP contribution < -0.4 is 5.32 Å². The molecule has 19 heavy (non-hydrogen) atoms. The van der Waals surface area contributed by atoms with Gasteiger partial charge in [0.05, 0.1) is 6.61 Å². The van der Waals surface area contributed by atoms with Gasteiger partial charge >= 0.3 is 5.97 Å². The van der Waals surface area contributed by atoms with Crippen LogP contribution in [0.3, 0.4) is 0 Å². The van der Waals surface area contributed by atoms with E-state index >= 15 is 0 Å². The average Bonchev–Trinajstić information content (AvgIpc) is 2.40. The van der Waals surface area contributed by atoms with E-state index in [2.05, 4.69) is 5.32 Å². The van der Waals surface area contributed by atoms with Crippen molar-refractivity contribution in [3.05, 3.63) is 34.9 Å². The number of rotatable bonds is 4.